The largest absolute Gasteiger partial charge is 0.480 e. The fourth-order valence-electron chi connectivity index (χ4n) is 8.73. The van der Waals surface area contributed by atoms with Gasteiger partial charge in [0.2, 0.25) is 17.7 Å². The summed E-state index contributed by atoms with van der Waals surface area (Å²) in [5.74, 6) is 2.40. The molecule has 6 aromatic heterocycles. The van der Waals surface area contributed by atoms with E-state index in [1.54, 1.807) is 42.3 Å². The monoisotopic (exact) mass is 872 g/mol. The molecular weight excluding hydrogens is 825 g/mol. The molecular formula is C44H48N12O4S2. The van der Waals surface area contributed by atoms with Gasteiger partial charge in [0.05, 0.1) is 36.7 Å². The quantitative estimate of drug-likeness (QED) is 0.138. The number of anilines is 4. The minimum atomic E-state index is -0.190. The Kier molecular flexibility index (Phi) is 11.5. The Morgan fingerprint density at radius 3 is 2.00 bits per heavy atom. The van der Waals surface area contributed by atoms with Gasteiger partial charge in [0.1, 0.15) is 45.3 Å². The maximum Gasteiger partial charge on any atom is 0.271 e. The molecule has 8 heterocycles. The molecule has 0 unspecified atom stereocenters. The van der Waals surface area contributed by atoms with Gasteiger partial charge in [0.25, 0.3) is 5.56 Å². The van der Waals surface area contributed by atoms with Crippen molar-refractivity contribution in [3.05, 3.63) is 78.5 Å². The summed E-state index contributed by atoms with van der Waals surface area (Å²) in [5, 5.41) is 8.65. The Bertz CT molecular complexity index is 2850. The zero-order valence-corrected chi connectivity index (χ0v) is 37.0. The minimum absolute atomic E-state index is 0.0142. The van der Waals surface area contributed by atoms with Gasteiger partial charge >= 0.3 is 0 Å². The summed E-state index contributed by atoms with van der Waals surface area (Å²) in [6.45, 7) is 6.69. The third kappa shape index (κ3) is 7.80. The molecule has 6 aromatic rings. The van der Waals surface area contributed by atoms with Crippen LogP contribution < -0.4 is 20.9 Å². The van der Waals surface area contributed by atoms with E-state index in [0.29, 0.717) is 30.5 Å². The van der Waals surface area contributed by atoms with Crippen molar-refractivity contribution in [1.82, 2.24) is 39.7 Å². The number of methoxy groups -OCH3 is 1. The number of thiophene rings is 2. The lowest BCUT2D eigenvalue weighted by molar-refractivity contribution is -0.135. The average molecular weight is 873 g/mol. The van der Waals surface area contributed by atoms with E-state index in [1.807, 2.05) is 49.2 Å². The second-order valence-corrected chi connectivity index (χ2v) is 18.2. The minimum Gasteiger partial charge on any atom is -0.480 e. The number of aromatic nitrogens is 6. The molecule has 16 nitrogen and oxygen atoms in total. The topological polar surface area (TPSA) is 196 Å². The van der Waals surface area contributed by atoms with Crippen molar-refractivity contribution >= 4 is 90.4 Å². The molecule has 3 N–H and O–H groups in total. The van der Waals surface area contributed by atoms with Crippen LogP contribution in [0.5, 0.6) is 5.88 Å². The van der Waals surface area contributed by atoms with Gasteiger partial charge in [-0.25, -0.2) is 24.9 Å². The lowest BCUT2D eigenvalue weighted by Crippen LogP contribution is -2.35. The van der Waals surface area contributed by atoms with Gasteiger partial charge in [-0.05, 0) is 75.1 Å². The molecule has 0 saturated heterocycles. The molecule has 2 atom stereocenters. The fraction of sp³-hybridized carbons (Fsp3) is 0.409. The van der Waals surface area contributed by atoms with E-state index in [2.05, 4.69) is 57.4 Å². The Labute approximate surface area is 366 Å². The third-order valence-corrected chi connectivity index (χ3v) is 14.4. The van der Waals surface area contributed by atoms with E-state index in [9.17, 15) is 14.4 Å². The first-order valence-corrected chi connectivity index (χ1v) is 22.6. The number of aryl methyl sites for hydroxylation is 2. The molecule has 4 aliphatic rings. The number of rotatable bonds is 10. The number of ether oxygens (including phenoxy) is 1. The number of H-pyrrole nitrogens is 1. The third-order valence-electron chi connectivity index (χ3n) is 12.1. The van der Waals surface area contributed by atoms with Gasteiger partial charge in [0.15, 0.2) is 0 Å². The van der Waals surface area contributed by atoms with E-state index < -0.39 is 0 Å². The highest BCUT2D eigenvalue weighted by molar-refractivity contribution is 7.19. The molecule has 2 amide bonds. The highest BCUT2D eigenvalue weighted by Crippen LogP contribution is 2.43. The number of nitrogens with one attached hydrogen (secondary N) is 3. The number of pyridine rings is 2. The van der Waals surface area contributed by atoms with Crippen LogP contribution in [-0.2, 0) is 48.4 Å². The van der Waals surface area contributed by atoms with Gasteiger partial charge in [-0.2, -0.15) is 0 Å². The van der Waals surface area contributed by atoms with Crippen LogP contribution in [0.1, 0.15) is 76.5 Å². The molecule has 320 valence electrons. The fourth-order valence-corrected chi connectivity index (χ4v) is 11.3. The molecule has 0 fully saturated rings. The van der Waals surface area contributed by atoms with Crippen molar-refractivity contribution in [3.63, 3.8) is 0 Å². The van der Waals surface area contributed by atoms with Crippen LogP contribution in [0.15, 0.2) is 39.6 Å². The number of nitrogens with zero attached hydrogens (tertiary/aromatic N) is 9. The summed E-state index contributed by atoms with van der Waals surface area (Å²) in [6, 6.07) is 3.81. The van der Waals surface area contributed by atoms with Crippen LogP contribution in [0.4, 0.5) is 23.0 Å². The van der Waals surface area contributed by atoms with Crippen molar-refractivity contribution in [2.24, 2.45) is 21.8 Å². The molecule has 0 radical (unpaired) electrons. The van der Waals surface area contributed by atoms with Crippen molar-refractivity contribution < 1.29 is 14.3 Å². The molecule has 10 rings (SSSR count). The van der Waals surface area contributed by atoms with Crippen LogP contribution >= 0.6 is 22.7 Å². The Morgan fingerprint density at radius 1 is 0.806 bits per heavy atom. The molecule has 0 bridgehead atoms. The molecule has 0 spiro atoms. The van der Waals surface area contributed by atoms with Gasteiger partial charge in [-0.3, -0.25) is 24.4 Å². The number of hydrogen-bond donors (Lipinski definition) is 3. The number of carbonyl (C=O) groups is 2. The molecule has 18 heteroatoms. The Morgan fingerprint density at radius 2 is 1.39 bits per heavy atom. The van der Waals surface area contributed by atoms with Crippen molar-refractivity contribution in [1.29, 1.82) is 0 Å². The Balaban J connectivity index is 0.000000158. The molecule has 2 aliphatic carbocycles. The predicted molar refractivity (Wildman–Crippen MR) is 244 cm³/mol. The van der Waals surface area contributed by atoms with Crippen LogP contribution in [0.25, 0.3) is 20.4 Å². The van der Waals surface area contributed by atoms with Gasteiger partial charge in [-0.1, -0.05) is 6.92 Å². The van der Waals surface area contributed by atoms with Crippen LogP contribution in [0, 0.1) is 11.8 Å². The molecule has 0 saturated carbocycles. The highest BCUT2D eigenvalue weighted by Gasteiger charge is 2.32. The van der Waals surface area contributed by atoms with Crippen LogP contribution in [-0.4, -0.2) is 98.2 Å². The number of fused-ring (bicyclic) bond motifs is 8. The summed E-state index contributed by atoms with van der Waals surface area (Å²) < 4.78 is 5.51. The first-order chi connectivity index (χ1) is 30.1. The first kappa shape index (κ1) is 41.2. The standard InChI is InChI=1S/2C22H24N6O2S/c1-4-28(2)22(29)12-5-6-14-17(8-12)31-21-18(14)19(24-11-25-21)26-15-7-13-9-23-10-16(13)27-20(15)30-3;1-3-6-28(2)22(30)12-4-5-14-17(8-12)31-21-18(14)19(24-11-25-21)26-15-7-13-9-23-10-16(13)27-20(15)29/h7,9,11-12H,4-6,8,10H2,1-3H3,(H,24,25,26);7,9,11-12H,3-6,8,10H2,1-2H3,(H,27,29)(H,24,25,26)/t2*12-/m00/s1. The normalized spacial score (nSPS) is 16.9. The van der Waals surface area contributed by atoms with E-state index >= 15 is 0 Å². The summed E-state index contributed by atoms with van der Waals surface area (Å²) >= 11 is 3.29. The maximum absolute atomic E-state index is 12.8. The lowest BCUT2D eigenvalue weighted by atomic mass is 9.87. The maximum atomic E-state index is 12.8. The zero-order chi connectivity index (χ0) is 43.1. The second-order valence-electron chi connectivity index (χ2n) is 16.0. The Hall–Kier alpha value is -6.14. The van der Waals surface area contributed by atoms with E-state index in [1.165, 1.54) is 27.2 Å². The molecule has 0 aromatic carbocycles. The van der Waals surface area contributed by atoms with Crippen molar-refractivity contribution in [2.75, 3.05) is 44.9 Å². The molecule has 62 heavy (non-hydrogen) atoms. The number of aliphatic imine (C=N–C) groups is 2. The van der Waals surface area contributed by atoms with Gasteiger partial charge in [0, 0.05) is 78.0 Å². The number of hydrogen-bond acceptors (Lipinski definition) is 15. The smallest absolute Gasteiger partial charge is 0.271 e. The van der Waals surface area contributed by atoms with E-state index in [-0.39, 0.29) is 29.2 Å². The van der Waals surface area contributed by atoms with E-state index in [4.69, 9.17) is 4.74 Å². The van der Waals surface area contributed by atoms with Crippen LogP contribution in [0.3, 0.4) is 0 Å². The zero-order valence-electron chi connectivity index (χ0n) is 35.4. The molecule has 2 aliphatic heterocycles. The van der Waals surface area contributed by atoms with E-state index in [0.717, 1.165) is 112 Å². The van der Waals surface area contributed by atoms with Gasteiger partial charge in [-0.15, -0.1) is 22.7 Å². The summed E-state index contributed by atoms with van der Waals surface area (Å²) in [6.07, 6.45) is 12.5. The predicted octanol–water partition coefficient (Wildman–Crippen LogP) is 6.38. The summed E-state index contributed by atoms with van der Waals surface area (Å²) in [4.78, 5) is 79.9. The van der Waals surface area contributed by atoms with Gasteiger partial charge < -0.3 is 30.2 Å². The number of amides is 2. The average Bonchev–Trinajstić information content (AvgIpc) is 4.10. The first-order valence-electron chi connectivity index (χ1n) is 21.0. The van der Waals surface area contributed by atoms with Crippen LogP contribution in [0.2, 0.25) is 0 Å². The van der Waals surface area contributed by atoms with Crippen molar-refractivity contribution in [2.45, 2.75) is 71.9 Å². The lowest BCUT2D eigenvalue weighted by Gasteiger charge is -2.26. The number of carbonyl (C=O) groups excluding carboxylic acids is 2. The number of aromatic amines is 1. The summed E-state index contributed by atoms with van der Waals surface area (Å²) in [5.41, 5.74) is 7.10. The van der Waals surface area contributed by atoms with Crippen molar-refractivity contribution in [3.8, 4) is 5.88 Å². The SMILES string of the molecule is CCCN(C)C(=O)[C@H]1CCc2c(sc3ncnc(Nc4cc5c([nH]c4=O)CN=C5)c23)C1.CCN(C)C(=O)[C@H]1CCc2c(sc3ncnc(Nc4cc5c(nc4OC)CN=C5)c23)C1. The summed E-state index contributed by atoms with van der Waals surface area (Å²) in [7, 11) is 5.37. The highest BCUT2D eigenvalue weighted by atomic mass is 32.1. The second kappa shape index (κ2) is 17.3.